The molecule has 0 N–H and O–H groups in total. The third-order valence-corrected chi connectivity index (χ3v) is 3.56. The molecule has 0 saturated heterocycles. The number of carbonyl (C=O) groups is 2. The lowest BCUT2D eigenvalue weighted by Gasteiger charge is -2.05. The highest BCUT2D eigenvalue weighted by Crippen LogP contribution is 2.22. The van der Waals surface area contributed by atoms with Crippen molar-refractivity contribution < 1.29 is 32.6 Å². The normalized spacial score (nSPS) is 14.9. The van der Waals surface area contributed by atoms with E-state index in [9.17, 15) is 18.4 Å². The van der Waals surface area contributed by atoms with E-state index in [2.05, 4.69) is 14.5 Å². The van der Waals surface area contributed by atoms with Crippen LogP contribution in [0.15, 0.2) is 59.2 Å². The number of aliphatic imine (C=N–C) groups is 1. The summed E-state index contributed by atoms with van der Waals surface area (Å²) in [5.74, 6) is -1.24. The number of hydrogen-bond acceptors (Lipinski definition) is 6. The summed E-state index contributed by atoms with van der Waals surface area (Å²) in [6.07, 6.45) is 1.48. The van der Waals surface area contributed by atoms with Gasteiger partial charge in [0, 0.05) is 5.56 Å². The zero-order valence-corrected chi connectivity index (χ0v) is 14.0. The highest BCUT2D eigenvalue weighted by atomic mass is 19.3. The molecule has 0 saturated carbocycles. The summed E-state index contributed by atoms with van der Waals surface area (Å²) in [7, 11) is 1.28. The standard InChI is InChI=1S/C19H13F2NO5/c1-25-17(23)12-7-5-11(6-8-12)9-15-18(24)27-16(22-15)13-3-2-4-14(10-13)26-19(20)21/h2-10,19H,1H3. The van der Waals surface area contributed by atoms with E-state index in [0.29, 0.717) is 16.7 Å². The molecule has 0 aliphatic carbocycles. The molecule has 6 nitrogen and oxygen atoms in total. The fraction of sp³-hybridized carbons (Fsp3) is 0.105. The molecule has 1 aliphatic rings. The van der Waals surface area contributed by atoms with Crippen molar-refractivity contribution in [1.82, 2.24) is 0 Å². The minimum Gasteiger partial charge on any atom is -0.465 e. The van der Waals surface area contributed by atoms with Gasteiger partial charge in [0.05, 0.1) is 12.7 Å². The maximum atomic E-state index is 12.3. The number of methoxy groups -OCH3 is 1. The largest absolute Gasteiger partial charge is 0.465 e. The molecule has 3 rings (SSSR count). The lowest BCUT2D eigenvalue weighted by molar-refractivity contribution is -0.129. The fourth-order valence-corrected chi connectivity index (χ4v) is 2.33. The summed E-state index contributed by atoms with van der Waals surface area (Å²) in [6.45, 7) is -2.96. The zero-order valence-electron chi connectivity index (χ0n) is 14.0. The molecule has 0 amide bonds. The first-order valence-electron chi connectivity index (χ1n) is 7.72. The topological polar surface area (TPSA) is 74.2 Å². The summed E-state index contributed by atoms with van der Waals surface area (Å²) < 4.78 is 38.7. The number of carbonyl (C=O) groups excluding carboxylic acids is 2. The van der Waals surface area contributed by atoms with E-state index in [1.54, 1.807) is 30.3 Å². The Bertz CT molecular complexity index is 935. The third kappa shape index (κ3) is 4.35. The van der Waals surface area contributed by atoms with Crippen molar-refractivity contribution in [3.63, 3.8) is 0 Å². The average molecular weight is 373 g/mol. The first-order chi connectivity index (χ1) is 13.0. The highest BCUT2D eigenvalue weighted by Gasteiger charge is 2.24. The number of esters is 2. The molecule has 0 bridgehead atoms. The van der Waals surface area contributed by atoms with Gasteiger partial charge in [0.2, 0.25) is 5.90 Å². The minimum atomic E-state index is -2.96. The molecule has 1 aliphatic heterocycles. The molecule has 0 unspecified atom stereocenters. The molecular weight excluding hydrogens is 360 g/mol. The first-order valence-corrected chi connectivity index (χ1v) is 7.72. The maximum Gasteiger partial charge on any atom is 0.387 e. The number of alkyl halides is 2. The number of hydrogen-bond donors (Lipinski definition) is 0. The molecule has 8 heteroatoms. The van der Waals surface area contributed by atoms with Crippen LogP contribution < -0.4 is 4.74 Å². The summed E-state index contributed by atoms with van der Waals surface area (Å²) in [6, 6.07) is 12.0. The van der Waals surface area contributed by atoms with Crippen molar-refractivity contribution in [1.29, 1.82) is 0 Å². The Hall–Kier alpha value is -3.55. The smallest absolute Gasteiger partial charge is 0.387 e. The van der Waals surface area contributed by atoms with Crippen molar-refractivity contribution in [3.8, 4) is 5.75 Å². The Morgan fingerprint density at radius 1 is 1.19 bits per heavy atom. The predicted molar refractivity (Wildman–Crippen MR) is 91.5 cm³/mol. The van der Waals surface area contributed by atoms with Crippen molar-refractivity contribution in [2.45, 2.75) is 6.61 Å². The second-order valence-electron chi connectivity index (χ2n) is 5.36. The molecule has 138 valence electrons. The van der Waals surface area contributed by atoms with Crippen LogP contribution in [-0.4, -0.2) is 31.6 Å². The van der Waals surface area contributed by atoms with Crippen molar-refractivity contribution in [3.05, 3.63) is 70.9 Å². The molecule has 2 aromatic carbocycles. The molecular formula is C19H13F2NO5. The summed E-state index contributed by atoms with van der Waals surface area (Å²) in [5, 5.41) is 0. The van der Waals surface area contributed by atoms with Crippen LogP contribution in [0.25, 0.3) is 6.08 Å². The van der Waals surface area contributed by atoms with Crippen molar-refractivity contribution in [2.24, 2.45) is 4.99 Å². The SMILES string of the molecule is COC(=O)c1ccc(C=C2N=C(c3cccc(OC(F)F)c3)OC2=O)cc1. The number of benzene rings is 2. The van der Waals surface area contributed by atoms with Gasteiger partial charge in [-0.1, -0.05) is 18.2 Å². The van der Waals surface area contributed by atoms with E-state index in [1.165, 1.54) is 31.4 Å². The number of halogens is 2. The Balaban J connectivity index is 1.83. The molecule has 0 fully saturated rings. The zero-order chi connectivity index (χ0) is 19.4. The molecule has 0 atom stereocenters. The van der Waals surface area contributed by atoms with E-state index >= 15 is 0 Å². The third-order valence-electron chi connectivity index (χ3n) is 3.56. The molecule has 1 heterocycles. The summed E-state index contributed by atoms with van der Waals surface area (Å²) in [4.78, 5) is 27.5. The second-order valence-corrected chi connectivity index (χ2v) is 5.36. The van der Waals surface area contributed by atoms with Crippen molar-refractivity contribution in [2.75, 3.05) is 7.11 Å². The van der Waals surface area contributed by atoms with Gasteiger partial charge < -0.3 is 14.2 Å². The van der Waals surface area contributed by atoms with E-state index in [0.717, 1.165) is 0 Å². The average Bonchev–Trinajstić information content (AvgIpc) is 3.02. The van der Waals surface area contributed by atoms with E-state index in [1.807, 2.05) is 0 Å². The molecule has 0 spiro atoms. The van der Waals surface area contributed by atoms with Crippen molar-refractivity contribution >= 4 is 23.9 Å². The van der Waals surface area contributed by atoms with Gasteiger partial charge in [0.15, 0.2) is 5.70 Å². The van der Waals surface area contributed by atoms with Gasteiger partial charge in [-0.05, 0) is 42.0 Å². The highest BCUT2D eigenvalue weighted by molar-refractivity contribution is 6.13. The van der Waals surface area contributed by atoms with Crippen LogP contribution in [0.3, 0.4) is 0 Å². The van der Waals surface area contributed by atoms with Gasteiger partial charge >= 0.3 is 18.6 Å². The van der Waals surface area contributed by atoms with Crippen LogP contribution in [0.2, 0.25) is 0 Å². The van der Waals surface area contributed by atoms with E-state index < -0.39 is 18.6 Å². The van der Waals surface area contributed by atoms with Crippen LogP contribution in [0.5, 0.6) is 5.75 Å². The monoisotopic (exact) mass is 373 g/mol. The maximum absolute atomic E-state index is 12.3. The lowest BCUT2D eigenvalue weighted by atomic mass is 10.1. The van der Waals surface area contributed by atoms with Crippen LogP contribution >= 0.6 is 0 Å². The quantitative estimate of drug-likeness (QED) is 0.593. The fourth-order valence-electron chi connectivity index (χ4n) is 2.33. The van der Waals surface area contributed by atoms with Crippen LogP contribution in [-0.2, 0) is 14.3 Å². The van der Waals surface area contributed by atoms with Gasteiger partial charge in [-0.15, -0.1) is 0 Å². The van der Waals surface area contributed by atoms with Crippen LogP contribution in [0, 0.1) is 0 Å². The molecule has 2 aromatic rings. The number of cyclic esters (lactones) is 1. The number of ether oxygens (including phenoxy) is 3. The van der Waals surface area contributed by atoms with Gasteiger partial charge in [-0.25, -0.2) is 14.6 Å². The molecule has 27 heavy (non-hydrogen) atoms. The minimum absolute atomic E-state index is 0.0165. The van der Waals surface area contributed by atoms with Crippen LogP contribution in [0.4, 0.5) is 8.78 Å². The van der Waals surface area contributed by atoms with Gasteiger partial charge in [-0.3, -0.25) is 0 Å². The van der Waals surface area contributed by atoms with Gasteiger partial charge in [-0.2, -0.15) is 8.78 Å². The number of rotatable bonds is 5. The summed E-state index contributed by atoms with van der Waals surface area (Å²) >= 11 is 0. The van der Waals surface area contributed by atoms with Gasteiger partial charge in [0.25, 0.3) is 0 Å². The van der Waals surface area contributed by atoms with E-state index in [4.69, 9.17) is 4.74 Å². The lowest BCUT2D eigenvalue weighted by Crippen LogP contribution is -2.07. The summed E-state index contributed by atoms with van der Waals surface area (Å²) in [5.41, 5.74) is 1.35. The molecule has 0 radical (unpaired) electrons. The Labute approximate surface area is 152 Å². The Morgan fingerprint density at radius 2 is 1.93 bits per heavy atom. The second kappa shape index (κ2) is 7.77. The van der Waals surface area contributed by atoms with Gasteiger partial charge in [0.1, 0.15) is 5.75 Å². The predicted octanol–water partition coefficient (Wildman–Crippen LogP) is 3.42. The first kappa shape index (κ1) is 18.2. The number of nitrogens with zero attached hydrogens (tertiary/aromatic N) is 1. The molecule has 0 aromatic heterocycles. The Kier molecular flexibility index (Phi) is 5.25. The Morgan fingerprint density at radius 3 is 2.59 bits per heavy atom. The van der Waals surface area contributed by atoms with E-state index in [-0.39, 0.29) is 17.3 Å². The van der Waals surface area contributed by atoms with Crippen LogP contribution in [0.1, 0.15) is 21.5 Å².